The molecule has 1 aromatic carbocycles. The number of rotatable bonds is 7. The Morgan fingerprint density at radius 2 is 2.00 bits per heavy atom. The van der Waals surface area contributed by atoms with Crippen LogP contribution in [0.2, 0.25) is 0 Å². The molecule has 4 rings (SSSR count). The monoisotopic (exact) mass is 402 g/mol. The lowest BCUT2D eigenvalue weighted by atomic mass is 9.90. The fourth-order valence-electron chi connectivity index (χ4n) is 4.84. The van der Waals surface area contributed by atoms with E-state index in [0.717, 1.165) is 31.4 Å². The number of esters is 1. The fraction of sp³-hybridized carbons (Fsp3) is 0.636. The van der Waals surface area contributed by atoms with Crippen molar-refractivity contribution in [3.05, 3.63) is 35.4 Å². The van der Waals surface area contributed by atoms with Crippen LogP contribution in [0.5, 0.6) is 0 Å². The lowest BCUT2D eigenvalue weighted by molar-refractivity contribution is -0.149. The number of hydrogen-bond donors (Lipinski definition) is 2. The van der Waals surface area contributed by atoms with E-state index >= 15 is 0 Å². The number of urea groups is 1. The topological polar surface area (TPSA) is 67.4 Å². The molecule has 3 aliphatic rings. The van der Waals surface area contributed by atoms with Crippen molar-refractivity contribution < 1.29 is 14.3 Å². The van der Waals surface area contributed by atoms with Crippen molar-refractivity contribution in [1.29, 1.82) is 0 Å². The second-order valence-corrected chi connectivity index (χ2v) is 9.83. The van der Waals surface area contributed by atoms with Crippen molar-refractivity contribution in [3.8, 4) is 0 Å². The summed E-state index contributed by atoms with van der Waals surface area (Å²) in [4.78, 5) is 23.9. The van der Waals surface area contributed by atoms with E-state index in [1.165, 1.54) is 11.1 Å². The molecule has 2 saturated heterocycles. The van der Waals surface area contributed by atoms with Crippen LogP contribution in [-0.2, 0) is 9.53 Å². The Labute approximate surface area is 171 Å². The molecule has 0 bridgehead atoms. The summed E-state index contributed by atoms with van der Waals surface area (Å²) in [6.45, 7) is 4.47. The van der Waals surface area contributed by atoms with Crippen molar-refractivity contribution in [2.24, 2.45) is 5.92 Å². The van der Waals surface area contributed by atoms with Gasteiger partial charge in [0.05, 0.1) is 12.1 Å². The molecular formula is C22H30N2O3S. The number of thioether (sulfide) groups is 1. The maximum Gasteiger partial charge on any atom is 0.315 e. The van der Waals surface area contributed by atoms with Gasteiger partial charge < -0.3 is 15.4 Å². The Hall–Kier alpha value is -1.69. The van der Waals surface area contributed by atoms with Crippen molar-refractivity contribution in [1.82, 2.24) is 10.6 Å². The van der Waals surface area contributed by atoms with Crippen LogP contribution in [0.3, 0.4) is 0 Å². The normalized spacial score (nSPS) is 30.7. The maximum absolute atomic E-state index is 12.4. The third-order valence-electron chi connectivity index (χ3n) is 6.35. The summed E-state index contributed by atoms with van der Waals surface area (Å²) in [6.07, 6.45) is 4.14. The fourth-order valence-corrected chi connectivity index (χ4v) is 6.39. The number of fused-ring (bicyclic) bond motifs is 2. The maximum atomic E-state index is 12.4. The van der Waals surface area contributed by atoms with Crippen molar-refractivity contribution >= 4 is 23.8 Å². The zero-order valence-corrected chi connectivity index (χ0v) is 17.5. The predicted octanol–water partition coefficient (Wildman–Crippen LogP) is 4.14. The van der Waals surface area contributed by atoms with E-state index in [4.69, 9.17) is 4.74 Å². The van der Waals surface area contributed by atoms with Crippen LogP contribution < -0.4 is 10.6 Å². The van der Waals surface area contributed by atoms with Gasteiger partial charge in [0.25, 0.3) is 0 Å². The number of benzene rings is 1. The molecule has 0 saturated carbocycles. The lowest BCUT2D eigenvalue weighted by Crippen LogP contribution is -2.36. The number of ether oxygens (including phenoxy) is 1. The second kappa shape index (κ2) is 8.36. The van der Waals surface area contributed by atoms with Gasteiger partial charge in [0.15, 0.2) is 0 Å². The van der Waals surface area contributed by atoms with Gasteiger partial charge >= 0.3 is 12.0 Å². The highest BCUT2D eigenvalue weighted by Crippen LogP contribution is 2.45. The van der Waals surface area contributed by atoms with Crippen molar-refractivity contribution in [2.75, 3.05) is 5.75 Å². The van der Waals surface area contributed by atoms with Crippen molar-refractivity contribution in [2.45, 2.75) is 75.3 Å². The molecule has 0 spiro atoms. The van der Waals surface area contributed by atoms with Gasteiger partial charge in [0.2, 0.25) is 0 Å². The molecule has 2 amide bonds. The molecule has 28 heavy (non-hydrogen) atoms. The Bertz CT molecular complexity index is 738. The first-order valence-corrected chi connectivity index (χ1v) is 11.5. The number of amides is 2. The summed E-state index contributed by atoms with van der Waals surface area (Å²) >= 11 is 1.92. The molecule has 0 radical (unpaired) electrons. The van der Waals surface area contributed by atoms with Crippen LogP contribution in [0, 0.1) is 5.92 Å². The molecule has 2 N–H and O–H groups in total. The van der Waals surface area contributed by atoms with Gasteiger partial charge in [0, 0.05) is 17.4 Å². The molecule has 1 aromatic rings. The minimum atomic E-state index is -0.0954. The zero-order valence-electron chi connectivity index (χ0n) is 16.6. The van der Waals surface area contributed by atoms with Crippen LogP contribution in [-0.4, -0.2) is 35.1 Å². The number of hydrogen-bond acceptors (Lipinski definition) is 4. The van der Waals surface area contributed by atoms with Gasteiger partial charge in [-0.15, -0.1) is 0 Å². The summed E-state index contributed by atoms with van der Waals surface area (Å²) < 4.78 is 5.86. The molecule has 6 heteroatoms. The minimum absolute atomic E-state index is 0.0413. The van der Waals surface area contributed by atoms with E-state index < -0.39 is 0 Å². The highest BCUT2D eigenvalue weighted by atomic mass is 32.2. The van der Waals surface area contributed by atoms with Gasteiger partial charge in [-0.25, -0.2) is 4.79 Å². The summed E-state index contributed by atoms with van der Waals surface area (Å²) in [6, 6.07) is 8.86. The highest BCUT2D eigenvalue weighted by molar-refractivity contribution is 8.00. The van der Waals surface area contributed by atoms with Crippen LogP contribution in [0.15, 0.2) is 24.3 Å². The Morgan fingerprint density at radius 3 is 2.79 bits per heavy atom. The first-order valence-electron chi connectivity index (χ1n) is 10.5. The lowest BCUT2D eigenvalue weighted by Gasteiger charge is -2.17. The quantitative estimate of drug-likeness (QED) is 0.409. The van der Waals surface area contributed by atoms with E-state index in [1.807, 2.05) is 17.8 Å². The minimum Gasteiger partial charge on any atom is -0.457 e. The van der Waals surface area contributed by atoms with E-state index in [1.54, 1.807) is 0 Å². The summed E-state index contributed by atoms with van der Waals surface area (Å²) in [5.41, 5.74) is 2.53. The Balaban J connectivity index is 1.22. The average Bonchev–Trinajstić information content (AvgIpc) is 3.32. The summed E-state index contributed by atoms with van der Waals surface area (Å²) in [5.74, 6) is 1.91. The van der Waals surface area contributed by atoms with Crippen LogP contribution >= 0.6 is 11.8 Å². The number of carbonyl (C=O) groups is 2. The molecule has 0 aromatic heterocycles. The van der Waals surface area contributed by atoms with Crippen LogP contribution in [0.4, 0.5) is 4.79 Å². The first kappa shape index (κ1) is 19.6. The van der Waals surface area contributed by atoms with Gasteiger partial charge in [0.1, 0.15) is 6.10 Å². The molecule has 2 heterocycles. The Morgan fingerprint density at radius 1 is 1.21 bits per heavy atom. The van der Waals surface area contributed by atoms with Crippen LogP contribution in [0.1, 0.15) is 69.1 Å². The van der Waals surface area contributed by atoms with E-state index in [0.29, 0.717) is 23.5 Å². The third-order valence-corrected chi connectivity index (χ3v) is 7.86. The molecule has 1 aliphatic carbocycles. The predicted molar refractivity (Wildman–Crippen MR) is 111 cm³/mol. The van der Waals surface area contributed by atoms with Gasteiger partial charge in [-0.3, -0.25) is 4.79 Å². The molecule has 2 aliphatic heterocycles. The van der Waals surface area contributed by atoms with Gasteiger partial charge in [-0.05, 0) is 42.2 Å². The molecular weight excluding hydrogens is 372 g/mol. The van der Waals surface area contributed by atoms with Gasteiger partial charge in [-0.1, -0.05) is 44.5 Å². The molecule has 152 valence electrons. The SMILES string of the molecule is CC(C)[C@@H]1C[C@@H](OC(=O)CCCC[C@@H]2SC[C@@H]3NC(=O)N[C@@H]32)c2ccccc21. The number of nitrogens with one attached hydrogen (secondary N) is 2. The third kappa shape index (κ3) is 4.02. The number of unbranched alkanes of at least 4 members (excludes halogenated alkanes) is 1. The van der Waals surface area contributed by atoms with E-state index in [9.17, 15) is 9.59 Å². The van der Waals surface area contributed by atoms with Crippen LogP contribution in [0.25, 0.3) is 0 Å². The second-order valence-electron chi connectivity index (χ2n) is 8.56. The number of carbonyl (C=O) groups excluding carboxylic acids is 2. The van der Waals surface area contributed by atoms with E-state index in [2.05, 4.69) is 42.7 Å². The molecule has 2 fully saturated rings. The molecule has 5 nitrogen and oxygen atoms in total. The summed E-state index contributed by atoms with van der Waals surface area (Å²) in [7, 11) is 0. The van der Waals surface area contributed by atoms with E-state index in [-0.39, 0.29) is 30.2 Å². The Kier molecular flexibility index (Phi) is 5.85. The smallest absolute Gasteiger partial charge is 0.315 e. The largest absolute Gasteiger partial charge is 0.457 e. The molecule has 5 atom stereocenters. The summed E-state index contributed by atoms with van der Waals surface area (Å²) in [5, 5.41) is 6.45. The first-order chi connectivity index (χ1) is 13.5. The highest BCUT2D eigenvalue weighted by Gasteiger charge is 2.42. The zero-order chi connectivity index (χ0) is 19.7. The van der Waals surface area contributed by atoms with Gasteiger partial charge in [-0.2, -0.15) is 11.8 Å². The average molecular weight is 403 g/mol. The standard InChI is InChI=1S/C22H30N2O3S/c1-13(2)16-11-18(15-8-4-3-7-14(15)16)27-20(25)10-6-5-9-19-21-17(12-28-19)23-22(26)24-21/h3-4,7-8,13,16-19,21H,5-6,9-12H2,1-2H3,(H2,23,24,26)/t16-,17-,18+,19-,21-/m0/s1. The van der Waals surface area contributed by atoms with Crippen molar-refractivity contribution in [3.63, 3.8) is 0 Å². The molecule has 0 unspecified atom stereocenters.